The van der Waals surface area contributed by atoms with E-state index in [4.69, 9.17) is 23.2 Å². The molecule has 1 aliphatic heterocycles. The number of benzene rings is 1. The molecule has 0 N–H and O–H groups in total. The lowest BCUT2D eigenvalue weighted by Crippen LogP contribution is -2.43. The Hall–Kier alpha value is -1.06. The van der Waals surface area contributed by atoms with E-state index in [-0.39, 0.29) is 24.2 Å². The minimum atomic E-state index is -0.110. The lowest BCUT2D eigenvalue weighted by atomic mass is 9.98. The maximum atomic E-state index is 12.1. The molecule has 1 aromatic rings. The number of nitrogens with zero attached hydrogens (tertiary/aromatic N) is 1. The van der Waals surface area contributed by atoms with E-state index in [1.165, 1.54) is 0 Å². The Morgan fingerprint density at radius 2 is 2.11 bits per heavy atom. The first-order valence-electron chi connectivity index (χ1n) is 6.26. The van der Waals surface area contributed by atoms with Crippen molar-refractivity contribution in [2.75, 3.05) is 13.1 Å². The number of carbonyl (C=O) groups is 2. The lowest BCUT2D eigenvalue weighted by molar-refractivity contribution is -0.137. The van der Waals surface area contributed by atoms with E-state index in [0.717, 1.165) is 12.8 Å². The zero-order valence-electron chi connectivity index (χ0n) is 10.7. The monoisotopic (exact) mass is 299 g/mol. The quantitative estimate of drug-likeness (QED) is 0.802. The van der Waals surface area contributed by atoms with Gasteiger partial charge in [0.15, 0.2) is 5.78 Å². The van der Waals surface area contributed by atoms with Gasteiger partial charge in [-0.2, -0.15) is 0 Å². The number of piperidine rings is 1. The Balaban J connectivity index is 2.08. The van der Waals surface area contributed by atoms with E-state index in [9.17, 15) is 9.59 Å². The minimum absolute atomic E-state index is 0.00959. The van der Waals surface area contributed by atoms with Gasteiger partial charge in [0.2, 0.25) is 5.91 Å². The summed E-state index contributed by atoms with van der Waals surface area (Å²) in [5.41, 5.74) is 0.487. The third-order valence-corrected chi connectivity index (χ3v) is 4.11. The maximum Gasteiger partial charge on any atom is 0.225 e. The number of halogens is 2. The van der Waals surface area contributed by atoms with Crippen LogP contribution in [0.25, 0.3) is 0 Å². The van der Waals surface area contributed by atoms with Gasteiger partial charge < -0.3 is 4.90 Å². The molecule has 1 saturated heterocycles. The lowest BCUT2D eigenvalue weighted by Gasteiger charge is -2.30. The predicted molar refractivity (Wildman–Crippen MR) is 75.8 cm³/mol. The van der Waals surface area contributed by atoms with E-state index in [1.54, 1.807) is 23.1 Å². The van der Waals surface area contributed by atoms with Gasteiger partial charge in [-0.05, 0) is 31.0 Å². The topological polar surface area (TPSA) is 37.4 Å². The SMILES string of the molecule is CC1CCCN(CC(=O)c2ccc(Cl)c(Cl)c2)C1=O. The number of hydrogen-bond acceptors (Lipinski definition) is 2. The Kier molecular flexibility index (Phi) is 4.48. The number of Topliss-reactive ketones (excluding diaryl/α,β-unsaturated/α-hetero) is 1. The van der Waals surface area contributed by atoms with E-state index < -0.39 is 0 Å². The average Bonchev–Trinajstić information content (AvgIpc) is 2.38. The highest BCUT2D eigenvalue weighted by atomic mass is 35.5. The molecule has 2 rings (SSSR count). The van der Waals surface area contributed by atoms with Crippen molar-refractivity contribution in [3.63, 3.8) is 0 Å². The number of carbonyl (C=O) groups excluding carboxylic acids is 2. The van der Waals surface area contributed by atoms with E-state index in [1.807, 2.05) is 6.92 Å². The van der Waals surface area contributed by atoms with E-state index >= 15 is 0 Å². The van der Waals surface area contributed by atoms with Crippen LogP contribution in [0.4, 0.5) is 0 Å². The summed E-state index contributed by atoms with van der Waals surface area (Å²) in [4.78, 5) is 25.7. The molecule has 0 bridgehead atoms. The standard InChI is InChI=1S/C14H15Cl2NO2/c1-9-3-2-6-17(14(9)19)8-13(18)10-4-5-11(15)12(16)7-10/h4-5,7,9H,2-3,6,8H2,1H3. The van der Waals surface area contributed by atoms with Crippen LogP contribution in [-0.4, -0.2) is 29.7 Å². The van der Waals surface area contributed by atoms with Crippen molar-refractivity contribution in [3.05, 3.63) is 33.8 Å². The predicted octanol–water partition coefficient (Wildman–Crippen LogP) is 3.43. The Morgan fingerprint density at radius 3 is 2.79 bits per heavy atom. The molecule has 0 aliphatic carbocycles. The number of ketones is 1. The number of likely N-dealkylation sites (tertiary alicyclic amines) is 1. The summed E-state index contributed by atoms with van der Waals surface area (Å²) in [6.07, 6.45) is 1.85. The third-order valence-electron chi connectivity index (χ3n) is 3.37. The second-order valence-electron chi connectivity index (χ2n) is 4.86. The molecule has 3 nitrogen and oxygen atoms in total. The van der Waals surface area contributed by atoms with Crippen molar-refractivity contribution in [2.45, 2.75) is 19.8 Å². The smallest absolute Gasteiger partial charge is 0.225 e. The van der Waals surface area contributed by atoms with Gasteiger partial charge in [0.25, 0.3) is 0 Å². The van der Waals surface area contributed by atoms with Crippen LogP contribution in [0.15, 0.2) is 18.2 Å². The van der Waals surface area contributed by atoms with Crippen molar-refractivity contribution < 1.29 is 9.59 Å². The van der Waals surface area contributed by atoms with Crippen LogP contribution >= 0.6 is 23.2 Å². The first-order chi connectivity index (χ1) is 8.99. The molecule has 5 heteroatoms. The van der Waals surface area contributed by atoms with Crippen LogP contribution in [0.5, 0.6) is 0 Å². The second kappa shape index (κ2) is 5.93. The fraction of sp³-hybridized carbons (Fsp3) is 0.429. The van der Waals surface area contributed by atoms with Crippen molar-refractivity contribution in [2.24, 2.45) is 5.92 Å². The number of hydrogen-bond donors (Lipinski definition) is 0. The highest BCUT2D eigenvalue weighted by molar-refractivity contribution is 6.42. The second-order valence-corrected chi connectivity index (χ2v) is 5.67. The van der Waals surface area contributed by atoms with Gasteiger partial charge in [-0.25, -0.2) is 0 Å². The number of amides is 1. The molecule has 1 amide bonds. The van der Waals surface area contributed by atoms with Crippen LogP contribution < -0.4 is 0 Å². The summed E-state index contributed by atoms with van der Waals surface area (Å²) in [6.45, 7) is 2.66. The van der Waals surface area contributed by atoms with Crippen LogP contribution in [0.2, 0.25) is 10.0 Å². The van der Waals surface area contributed by atoms with Crippen molar-refractivity contribution in [1.82, 2.24) is 4.90 Å². The molecule has 1 aliphatic rings. The summed E-state index contributed by atoms with van der Waals surface area (Å²) in [5.74, 6) is -0.0453. The van der Waals surface area contributed by atoms with Crippen molar-refractivity contribution >= 4 is 34.9 Å². The van der Waals surface area contributed by atoms with Crippen molar-refractivity contribution in [3.8, 4) is 0 Å². The largest absolute Gasteiger partial charge is 0.335 e. The van der Waals surface area contributed by atoms with E-state index in [0.29, 0.717) is 22.2 Å². The molecule has 0 radical (unpaired) electrons. The molecule has 0 spiro atoms. The van der Waals surface area contributed by atoms with Gasteiger partial charge in [-0.3, -0.25) is 9.59 Å². The molecule has 1 heterocycles. The Labute approximate surface area is 122 Å². The van der Waals surface area contributed by atoms with Crippen LogP contribution in [0.1, 0.15) is 30.1 Å². The van der Waals surface area contributed by atoms with Gasteiger partial charge in [-0.1, -0.05) is 30.1 Å². The Morgan fingerprint density at radius 1 is 1.37 bits per heavy atom. The molecule has 1 fully saturated rings. The van der Waals surface area contributed by atoms with Gasteiger partial charge in [0, 0.05) is 18.0 Å². The van der Waals surface area contributed by atoms with Gasteiger partial charge in [-0.15, -0.1) is 0 Å². The zero-order valence-corrected chi connectivity index (χ0v) is 12.2. The third kappa shape index (κ3) is 3.28. The molecule has 1 aromatic carbocycles. The van der Waals surface area contributed by atoms with Gasteiger partial charge >= 0.3 is 0 Å². The maximum absolute atomic E-state index is 12.1. The van der Waals surface area contributed by atoms with Gasteiger partial charge in [0.1, 0.15) is 0 Å². The molecule has 0 saturated carbocycles. The van der Waals surface area contributed by atoms with Gasteiger partial charge in [0.05, 0.1) is 16.6 Å². The summed E-state index contributed by atoms with van der Waals surface area (Å²) in [7, 11) is 0. The van der Waals surface area contributed by atoms with Crippen LogP contribution in [0.3, 0.4) is 0 Å². The van der Waals surface area contributed by atoms with E-state index in [2.05, 4.69) is 0 Å². The first kappa shape index (κ1) is 14.4. The molecule has 19 heavy (non-hydrogen) atoms. The highest BCUT2D eigenvalue weighted by Crippen LogP contribution is 2.23. The summed E-state index contributed by atoms with van der Waals surface area (Å²) in [6, 6.07) is 4.77. The Bertz CT molecular complexity index is 516. The summed E-state index contributed by atoms with van der Waals surface area (Å²) < 4.78 is 0. The fourth-order valence-electron chi connectivity index (χ4n) is 2.22. The zero-order chi connectivity index (χ0) is 14.0. The molecular weight excluding hydrogens is 285 g/mol. The van der Waals surface area contributed by atoms with Crippen LogP contribution in [-0.2, 0) is 4.79 Å². The fourth-order valence-corrected chi connectivity index (χ4v) is 2.52. The van der Waals surface area contributed by atoms with Crippen LogP contribution in [0, 0.1) is 5.92 Å². The highest BCUT2D eigenvalue weighted by Gasteiger charge is 2.26. The number of rotatable bonds is 3. The normalized spacial score (nSPS) is 19.6. The minimum Gasteiger partial charge on any atom is -0.335 e. The molecule has 1 unspecified atom stereocenters. The summed E-state index contributed by atoms with van der Waals surface area (Å²) in [5, 5.41) is 0.770. The molecule has 102 valence electrons. The average molecular weight is 300 g/mol. The molecular formula is C14H15Cl2NO2. The molecule has 1 atom stereocenters. The first-order valence-corrected chi connectivity index (χ1v) is 7.01. The van der Waals surface area contributed by atoms with Crippen molar-refractivity contribution in [1.29, 1.82) is 0 Å². The molecule has 0 aromatic heterocycles. The summed E-state index contributed by atoms with van der Waals surface area (Å²) >= 11 is 11.7.